The van der Waals surface area contributed by atoms with Gasteiger partial charge in [0, 0.05) is 15.4 Å². The number of carbonyl (C=O) groups excluding carboxylic acids is 1. The lowest BCUT2D eigenvalue weighted by atomic mass is 10.1. The van der Waals surface area contributed by atoms with E-state index in [2.05, 4.69) is 15.9 Å². The summed E-state index contributed by atoms with van der Waals surface area (Å²) in [6, 6.07) is 15.0. The molecule has 0 N–H and O–H groups in total. The van der Waals surface area contributed by atoms with Crippen LogP contribution in [-0.4, -0.2) is 20.0 Å². The quantitative estimate of drug-likeness (QED) is 0.306. The van der Waals surface area contributed by atoms with Crippen molar-refractivity contribution in [1.82, 2.24) is 0 Å². The normalized spacial score (nSPS) is 10.8. The number of carbonyl (C=O) groups is 1. The molecule has 0 bridgehead atoms. The van der Waals surface area contributed by atoms with E-state index >= 15 is 0 Å². The fourth-order valence-corrected chi connectivity index (χ4v) is 3.89. The smallest absolute Gasteiger partial charge is 0.195 e. The Hall–Kier alpha value is -2.57. The van der Waals surface area contributed by atoms with Crippen LogP contribution in [0.5, 0.6) is 17.2 Å². The first-order chi connectivity index (χ1) is 13.6. The molecule has 4 nitrogen and oxygen atoms in total. The topological polar surface area (TPSA) is 44.8 Å². The van der Waals surface area contributed by atoms with Gasteiger partial charge < -0.3 is 14.2 Å². The van der Waals surface area contributed by atoms with Crippen molar-refractivity contribution in [3.63, 3.8) is 0 Å². The summed E-state index contributed by atoms with van der Waals surface area (Å²) in [7, 11) is 3.25. The average Bonchev–Trinajstić information content (AvgIpc) is 3.17. The van der Waals surface area contributed by atoms with Gasteiger partial charge in [-0.05, 0) is 70.0 Å². The average molecular weight is 459 g/mol. The van der Waals surface area contributed by atoms with Crippen LogP contribution in [0, 0.1) is 0 Å². The van der Waals surface area contributed by atoms with Crippen LogP contribution in [0.4, 0.5) is 0 Å². The summed E-state index contributed by atoms with van der Waals surface area (Å²) in [5.74, 6) is 2.23. The van der Waals surface area contributed by atoms with Gasteiger partial charge in [0.2, 0.25) is 0 Å². The van der Waals surface area contributed by atoms with Crippen LogP contribution >= 0.6 is 27.3 Å². The molecule has 0 aliphatic carbocycles. The standard InChI is InChI=1S/C22H19BrO4S/c1-25-18-5-7-19(8-6-18)27-13-16-11-15(4-10-21(16)26-2)3-9-20(24)22-12-17(23)14-28-22/h3-12,14H,13H2,1-2H3/b9-3+. The van der Waals surface area contributed by atoms with Crippen LogP contribution in [0.2, 0.25) is 0 Å². The van der Waals surface area contributed by atoms with Crippen molar-refractivity contribution < 1.29 is 19.0 Å². The van der Waals surface area contributed by atoms with Crippen molar-refractivity contribution in [3.8, 4) is 17.2 Å². The zero-order valence-corrected chi connectivity index (χ0v) is 17.9. The molecular formula is C22H19BrO4S. The lowest BCUT2D eigenvalue weighted by Gasteiger charge is -2.11. The number of ether oxygens (including phenoxy) is 3. The van der Waals surface area contributed by atoms with Crippen molar-refractivity contribution in [2.75, 3.05) is 14.2 Å². The van der Waals surface area contributed by atoms with Crippen LogP contribution in [0.1, 0.15) is 20.8 Å². The molecule has 3 aromatic rings. The van der Waals surface area contributed by atoms with Gasteiger partial charge in [-0.25, -0.2) is 0 Å². The van der Waals surface area contributed by atoms with Crippen LogP contribution in [-0.2, 0) is 6.61 Å². The minimum absolute atomic E-state index is 0.0254. The molecule has 144 valence electrons. The highest BCUT2D eigenvalue weighted by atomic mass is 79.9. The van der Waals surface area contributed by atoms with E-state index in [0.29, 0.717) is 11.5 Å². The second kappa shape index (κ2) is 9.57. The molecule has 0 atom stereocenters. The number of methoxy groups -OCH3 is 2. The fourth-order valence-electron chi connectivity index (χ4n) is 2.54. The maximum atomic E-state index is 12.2. The van der Waals surface area contributed by atoms with Gasteiger partial charge in [0.1, 0.15) is 23.9 Å². The molecule has 0 amide bonds. The number of ketones is 1. The zero-order chi connectivity index (χ0) is 19.9. The number of benzene rings is 2. The van der Waals surface area contributed by atoms with Crippen LogP contribution in [0.15, 0.2) is 64.5 Å². The summed E-state index contributed by atoms with van der Waals surface area (Å²) >= 11 is 4.78. The molecule has 0 aliphatic heterocycles. The van der Waals surface area contributed by atoms with Gasteiger partial charge in [-0.2, -0.15) is 0 Å². The van der Waals surface area contributed by atoms with Gasteiger partial charge >= 0.3 is 0 Å². The van der Waals surface area contributed by atoms with Gasteiger partial charge in [0.25, 0.3) is 0 Å². The van der Waals surface area contributed by atoms with Gasteiger partial charge in [-0.15, -0.1) is 11.3 Å². The van der Waals surface area contributed by atoms with Crippen molar-refractivity contribution in [1.29, 1.82) is 0 Å². The Balaban J connectivity index is 1.71. The van der Waals surface area contributed by atoms with Crippen LogP contribution < -0.4 is 14.2 Å². The minimum atomic E-state index is -0.0254. The first-order valence-corrected chi connectivity index (χ1v) is 10.2. The third-order valence-corrected chi connectivity index (χ3v) is 5.70. The molecule has 0 aliphatic rings. The molecule has 2 aromatic carbocycles. The predicted molar refractivity (Wildman–Crippen MR) is 116 cm³/mol. The Kier molecular flexibility index (Phi) is 6.90. The van der Waals surface area contributed by atoms with E-state index in [-0.39, 0.29) is 5.78 Å². The molecule has 0 spiro atoms. The van der Waals surface area contributed by atoms with Gasteiger partial charge in [-0.1, -0.05) is 12.1 Å². The number of hydrogen-bond donors (Lipinski definition) is 0. The molecule has 0 unspecified atom stereocenters. The Bertz CT molecular complexity index is 976. The molecule has 0 saturated carbocycles. The second-order valence-electron chi connectivity index (χ2n) is 5.86. The summed E-state index contributed by atoms with van der Waals surface area (Å²) in [6.45, 7) is 0.350. The summed E-state index contributed by atoms with van der Waals surface area (Å²) < 4.78 is 17.3. The van der Waals surface area contributed by atoms with E-state index in [1.807, 2.05) is 53.9 Å². The lowest BCUT2D eigenvalue weighted by Crippen LogP contribution is -1.99. The molecule has 0 fully saturated rings. The minimum Gasteiger partial charge on any atom is -0.497 e. The lowest BCUT2D eigenvalue weighted by molar-refractivity contribution is 0.105. The van der Waals surface area contributed by atoms with Crippen molar-refractivity contribution in [2.45, 2.75) is 6.61 Å². The Morgan fingerprint density at radius 1 is 1.04 bits per heavy atom. The first kappa shape index (κ1) is 20.2. The van der Waals surface area contributed by atoms with E-state index < -0.39 is 0 Å². The summed E-state index contributed by atoms with van der Waals surface area (Å²) in [6.07, 6.45) is 3.38. The highest BCUT2D eigenvalue weighted by molar-refractivity contribution is 9.10. The summed E-state index contributed by atoms with van der Waals surface area (Å²) in [5.41, 5.74) is 1.80. The third-order valence-electron chi connectivity index (χ3n) is 4.00. The van der Waals surface area contributed by atoms with Gasteiger partial charge in [0.15, 0.2) is 5.78 Å². The second-order valence-corrected chi connectivity index (χ2v) is 7.69. The van der Waals surface area contributed by atoms with Gasteiger partial charge in [0.05, 0.1) is 19.1 Å². The Morgan fingerprint density at radius 3 is 2.43 bits per heavy atom. The van der Waals surface area contributed by atoms with E-state index in [1.54, 1.807) is 26.4 Å². The summed E-state index contributed by atoms with van der Waals surface area (Å²) in [4.78, 5) is 12.9. The van der Waals surface area contributed by atoms with Crippen molar-refractivity contribution in [2.24, 2.45) is 0 Å². The molecule has 3 rings (SSSR count). The summed E-state index contributed by atoms with van der Waals surface area (Å²) in [5, 5.41) is 1.89. The van der Waals surface area contributed by atoms with Gasteiger partial charge in [-0.3, -0.25) is 4.79 Å². The van der Waals surface area contributed by atoms with Crippen molar-refractivity contribution >= 4 is 39.1 Å². The third kappa shape index (κ3) is 5.24. The SMILES string of the molecule is COc1ccc(OCc2cc(/C=C/C(=O)c3cc(Br)cs3)ccc2OC)cc1. The van der Waals surface area contributed by atoms with E-state index in [0.717, 1.165) is 32.8 Å². The molecule has 1 aromatic heterocycles. The predicted octanol–water partition coefficient (Wildman–Crippen LogP) is 6.00. The zero-order valence-electron chi connectivity index (χ0n) is 15.5. The first-order valence-electron chi connectivity index (χ1n) is 8.49. The molecule has 0 saturated heterocycles. The van der Waals surface area contributed by atoms with E-state index in [9.17, 15) is 4.79 Å². The maximum absolute atomic E-state index is 12.2. The molecule has 28 heavy (non-hydrogen) atoms. The molecule has 1 heterocycles. The highest BCUT2D eigenvalue weighted by Gasteiger charge is 2.07. The van der Waals surface area contributed by atoms with E-state index in [4.69, 9.17) is 14.2 Å². The molecule has 0 radical (unpaired) electrons. The number of halogens is 1. The Morgan fingerprint density at radius 2 is 1.79 bits per heavy atom. The fraction of sp³-hybridized carbons (Fsp3) is 0.136. The number of hydrogen-bond acceptors (Lipinski definition) is 5. The van der Waals surface area contributed by atoms with E-state index in [1.165, 1.54) is 11.3 Å². The molecule has 6 heteroatoms. The number of rotatable bonds is 8. The maximum Gasteiger partial charge on any atom is 0.195 e. The van der Waals surface area contributed by atoms with Crippen LogP contribution in [0.3, 0.4) is 0 Å². The molecular weight excluding hydrogens is 440 g/mol. The number of thiophene rings is 1. The number of allylic oxidation sites excluding steroid dienone is 1. The Labute approximate surface area is 176 Å². The van der Waals surface area contributed by atoms with Crippen LogP contribution in [0.25, 0.3) is 6.08 Å². The largest absolute Gasteiger partial charge is 0.497 e. The van der Waals surface area contributed by atoms with Crippen molar-refractivity contribution in [3.05, 3.63) is 80.5 Å². The highest BCUT2D eigenvalue weighted by Crippen LogP contribution is 2.25. The monoisotopic (exact) mass is 458 g/mol.